The molecule has 5 heteroatoms. The van der Waals surface area contributed by atoms with E-state index in [1.165, 1.54) is 17.7 Å². The third-order valence-electron chi connectivity index (χ3n) is 4.17. The van der Waals surface area contributed by atoms with E-state index in [9.17, 15) is 15.2 Å². The molecule has 134 valence electrons. The lowest BCUT2D eigenvalue weighted by molar-refractivity contribution is -0.112. The van der Waals surface area contributed by atoms with Gasteiger partial charge in [-0.3, -0.25) is 4.79 Å². The lowest BCUT2D eigenvalue weighted by Gasteiger charge is -2.11. The molecule has 0 aliphatic heterocycles. The number of carbonyl (C=O) groups is 1. The van der Waals surface area contributed by atoms with Crippen LogP contribution in [-0.4, -0.2) is 15.6 Å². The molecule has 0 fully saturated rings. The van der Waals surface area contributed by atoms with Crippen molar-refractivity contribution in [2.45, 2.75) is 13.8 Å². The fourth-order valence-electron chi connectivity index (χ4n) is 2.85. The predicted octanol–water partition coefficient (Wildman–Crippen LogP) is 4.35. The second-order valence-corrected chi connectivity index (χ2v) is 6.26. The lowest BCUT2D eigenvalue weighted by Crippen LogP contribution is -2.13. The highest BCUT2D eigenvalue weighted by Crippen LogP contribution is 2.21. The molecule has 3 rings (SSSR count). The number of phenols is 1. The van der Waals surface area contributed by atoms with E-state index in [1.807, 2.05) is 54.9 Å². The van der Waals surface area contributed by atoms with Gasteiger partial charge in [-0.05, 0) is 68.0 Å². The van der Waals surface area contributed by atoms with E-state index in [4.69, 9.17) is 0 Å². The van der Waals surface area contributed by atoms with Gasteiger partial charge in [0, 0.05) is 23.3 Å². The van der Waals surface area contributed by atoms with Gasteiger partial charge >= 0.3 is 0 Å². The highest BCUT2D eigenvalue weighted by Gasteiger charge is 2.12. The van der Waals surface area contributed by atoms with Crippen LogP contribution in [0.1, 0.15) is 16.8 Å². The molecule has 27 heavy (non-hydrogen) atoms. The Labute approximate surface area is 157 Å². The maximum atomic E-state index is 12.4. The number of carbonyl (C=O) groups excluding carboxylic acids is 1. The van der Waals surface area contributed by atoms with Crippen LogP contribution in [0, 0.1) is 25.2 Å². The van der Waals surface area contributed by atoms with E-state index in [1.54, 1.807) is 18.2 Å². The van der Waals surface area contributed by atoms with Crippen LogP contribution >= 0.6 is 0 Å². The van der Waals surface area contributed by atoms with Gasteiger partial charge in [0.25, 0.3) is 5.91 Å². The molecule has 1 heterocycles. The Morgan fingerprint density at radius 1 is 1.15 bits per heavy atom. The lowest BCUT2D eigenvalue weighted by atomic mass is 10.1. The first kappa shape index (κ1) is 18.0. The third-order valence-corrected chi connectivity index (χ3v) is 4.17. The summed E-state index contributed by atoms with van der Waals surface area (Å²) < 4.78 is 1.94. The first-order valence-corrected chi connectivity index (χ1v) is 8.45. The summed E-state index contributed by atoms with van der Waals surface area (Å²) in [6.07, 6.45) is 3.46. The first-order valence-electron chi connectivity index (χ1n) is 8.45. The molecule has 0 saturated carbocycles. The number of nitriles is 1. The SMILES string of the molecule is Cc1ccc(-n2cccc2/C=C(/C#N)C(=O)Nc2ccc(O)cc2)c(C)c1. The minimum absolute atomic E-state index is 0.00668. The Hall–Kier alpha value is -3.78. The van der Waals surface area contributed by atoms with E-state index in [0.717, 1.165) is 16.9 Å². The number of phenolic OH excluding ortho intramolecular Hbond substituents is 1. The van der Waals surface area contributed by atoms with Gasteiger partial charge in [0.15, 0.2) is 0 Å². The normalized spacial score (nSPS) is 11.1. The number of anilines is 1. The van der Waals surface area contributed by atoms with Crippen LogP contribution in [0.3, 0.4) is 0 Å². The molecule has 1 amide bonds. The Balaban J connectivity index is 1.91. The summed E-state index contributed by atoms with van der Waals surface area (Å²) in [6, 6.07) is 17.9. The van der Waals surface area contributed by atoms with Crippen molar-refractivity contribution < 1.29 is 9.90 Å². The Morgan fingerprint density at radius 3 is 2.56 bits per heavy atom. The first-order chi connectivity index (χ1) is 13.0. The van der Waals surface area contributed by atoms with Crippen LogP contribution in [-0.2, 0) is 4.79 Å². The summed E-state index contributed by atoms with van der Waals surface area (Å²) >= 11 is 0. The zero-order valence-electron chi connectivity index (χ0n) is 15.1. The number of aromatic nitrogens is 1. The van der Waals surface area contributed by atoms with Crippen molar-refractivity contribution in [2.24, 2.45) is 0 Å². The maximum Gasteiger partial charge on any atom is 0.266 e. The number of hydrogen-bond acceptors (Lipinski definition) is 3. The molecule has 0 unspecified atom stereocenters. The van der Waals surface area contributed by atoms with Crippen molar-refractivity contribution in [2.75, 3.05) is 5.32 Å². The van der Waals surface area contributed by atoms with Crippen molar-refractivity contribution in [1.29, 1.82) is 5.26 Å². The van der Waals surface area contributed by atoms with Crippen LogP contribution in [0.5, 0.6) is 5.75 Å². The second-order valence-electron chi connectivity index (χ2n) is 6.26. The zero-order valence-corrected chi connectivity index (χ0v) is 15.1. The van der Waals surface area contributed by atoms with Gasteiger partial charge in [-0.1, -0.05) is 17.7 Å². The van der Waals surface area contributed by atoms with Gasteiger partial charge < -0.3 is 15.0 Å². The number of nitrogens with zero attached hydrogens (tertiary/aromatic N) is 2. The molecule has 0 bridgehead atoms. The second kappa shape index (κ2) is 7.63. The minimum Gasteiger partial charge on any atom is -0.508 e. The number of aryl methyl sites for hydroxylation is 2. The number of benzene rings is 2. The molecule has 5 nitrogen and oxygen atoms in total. The van der Waals surface area contributed by atoms with E-state index < -0.39 is 5.91 Å². The molecule has 1 aromatic heterocycles. The van der Waals surface area contributed by atoms with Crippen molar-refractivity contribution in [3.8, 4) is 17.5 Å². The number of hydrogen-bond donors (Lipinski definition) is 2. The number of aromatic hydroxyl groups is 1. The molecular weight excluding hydrogens is 338 g/mol. The fraction of sp³-hybridized carbons (Fsp3) is 0.0909. The minimum atomic E-state index is -0.503. The van der Waals surface area contributed by atoms with Gasteiger partial charge in [-0.2, -0.15) is 5.26 Å². The zero-order chi connectivity index (χ0) is 19.4. The van der Waals surface area contributed by atoms with E-state index in [-0.39, 0.29) is 11.3 Å². The monoisotopic (exact) mass is 357 g/mol. The highest BCUT2D eigenvalue weighted by atomic mass is 16.3. The van der Waals surface area contributed by atoms with Crippen LogP contribution < -0.4 is 5.32 Å². The highest BCUT2D eigenvalue weighted by molar-refractivity contribution is 6.09. The molecule has 0 aliphatic rings. The van der Waals surface area contributed by atoms with Gasteiger partial charge in [0.2, 0.25) is 0 Å². The molecule has 0 aliphatic carbocycles. The summed E-state index contributed by atoms with van der Waals surface area (Å²) in [5, 5.41) is 21.4. The third kappa shape index (κ3) is 4.07. The fourth-order valence-corrected chi connectivity index (χ4v) is 2.85. The van der Waals surface area contributed by atoms with E-state index in [2.05, 4.69) is 11.4 Å². The molecule has 3 aromatic rings. The van der Waals surface area contributed by atoms with Crippen LogP contribution in [0.4, 0.5) is 5.69 Å². The molecule has 0 radical (unpaired) electrons. The van der Waals surface area contributed by atoms with Crippen molar-refractivity contribution in [3.05, 3.63) is 83.2 Å². The van der Waals surface area contributed by atoms with Crippen LogP contribution in [0.25, 0.3) is 11.8 Å². The molecule has 2 aromatic carbocycles. The summed E-state index contributed by atoms with van der Waals surface area (Å²) in [5.41, 5.74) is 4.50. The summed E-state index contributed by atoms with van der Waals surface area (Å²) in [7, 11) is 0. The smallest absolute Gasteiger partial charge is 0.266 e. The van der Waals surface area contributed by atoms with E-state index in [0.29, 0.717) is 5.69 Å². The topological polar surface area (TPSA) is 78.0 Å². The van der Waals surface area contributed by atoms with Gasteiger partial charge in [-0.25, -0.2) is 0 Å². The predicted molar refractivity (Wildman–Crippen MR) is 106 cm³/mol. The van der Waals surface area contributed by atoms with E-state index >= 15 is 0 Å². The van der Waals surface area contributed by atoms with Crippen molar-refractivity contribution >= 4 is 17.7 Å². The van der Waals surface area contributed by atoms with Gasteiger partial charge in [0.05, 0.1) is 0 Å². The average Bonchev–Trinajstić information content (AvgIpc) is 3.09. The Kier molecular flexibility index (Phi) is 5.09. The summed E-state index contributed by atoms with van der Waals surface area (Å²) in [6.45, 7) is 4.06. The molecular formula is C22H19N3O2. The summed E-state index contributed by atoms with van der Waals surface area (Å²) in [4.78, 5) is 12.4. The van der Waals surface area contributed by atoms with Crippen LogP contribution in [0.15, 0.2) is 66.4 Å². The van der Waals surface area contributed by atoms with Crippen LogP contribution in [0.2, 0.25) is 0 Å². The van der Waals surface area contributed by atoms with Gasteiger partial charge in [0.1, 0.15) is 17.4 Å². The number of amides is 1. The Bertz CT molecular complexity index is 1050. The van der Waals surface area contributed by atoms with Crippen molar-refractivity contribution in [3.63, 3.8) is 0 Å². The number of nitrogens with one attached hydrogen (secondary N) is 1. The quantitative estimate of drug-likeness (QED) is 0.414. The maximum absolute atomic E-state index is 12.4. The largest absolute Gasteiger partial charge is 0.508 e. The summed E-state index contributed by atoms with van der Waals surface area (Å²) in [5.74, 6) is -0.396. The molecule has 2 N–H and O–H groups in total. The Morgan fingerprint density at radius 2 is 1.89 bits per heavy atom. The number of rotatable bonds is 4. The van der Waals surface area contributed by atoms with Gasteiger partial charge in [-0.15, -0.1) is 0 Å². The molecule has 0 spiro atoms. The average molecular weight is 357 g/mol. The molecule has 0 saturated heterocycles. The standard InChI is InChI=1S/C22H19N3O2/c1-15-5-10-21(16(2)12-15)25-11-3-4-19(25)13-17(14-23)22(27)24-18-6-8-20(26)9-7-18/h3-13,26H,1-2H3,(H,24,27)/b17-13-. The molecule has 0 atom stereocenters. The van der Waals surface area contributed by atoms with Crippen molar-refractivity contribution in [1.82, 2.24) is 4.57 Å².